The Morgan fingerprint density at radius 1 is 1.20 bits per heavy atom. The van der Waals surface area contributed by atoms with E-state index in [4.69, 9.17) is 10.5 Å². The smallest absolute Gasteiger partial charge is 0.0701 e. The maximum absolute atomic E-state index is 6.50. The van der Waals surface area contributed by atoms with E-state index >= 15 is 0 Å². The summed E-state index contributed by atoms with van der Waals surface area (Å²) in [7, 11) is 0. The highest BCUT2D eigenvalue weighted by Crippen LogP contribution is 2.45. The summed E-state index contributed by atoms with van der Waals surface area (Å²) in [5.41, 5.74) is 6.73. The summed E-state index contributed by atoms with van der Waals surface area (Å²) < 4.78 is 6.26. The zero-order chi connectivity index (χ0) is 14.0. The van der Waals surface area contributed by atoms with Crippen LogP contribution in [0.2, 0.25) is 0 Å². The van der Waals surface area contributed by atoms with Crippen LogP contribution in [0.1, 0.15) is 58.3 Å². The molecule has 0 aromatic heterocycles. The number of hydrogen-bond acceptors (Lipinski definition) is 3. The SMILES string of the molecule is CCC1CCC(N)C(C2CCOC3(CCSCC3)C2)C1. The van der Waals surface area contributed by atoms with Crippen molar-refractivity contribution in [1.29, 1.82) is 0 Å². The van der Waals surface area contributed by atoms with Crippen LogP contribution < -0.4 is 5.73 Å². The fourth-order valence-electron chi connectivity index (χ4n) is 4.76. The van der Waals surface area contributed by atoms with Crippen molar-refractivity contribution >= 4 is 11.8 Å². The molecule has 0 bridgehead atoms. The van der Waals surface area contributed by atoms with Crippen LogP contribution in [0, 0.1) is 17.8 Å². The molecule has 1 spiro atoms. The summed E-state index contributed by atoms with van der Waals surface area (Å²) in [6.45, 7) is 3.33. The molecule has 4 unspecified atom stereocenters. The zero-order valence-electron chi connectivity index (χ0n) is 13.0. The second kappa shape index (κ2) is 6.58. The summed E-state index contributed by atoms with van der Waals surface area (Å²) in [5.74, 6) is 5.11. The van der Waals surface area contributed by atoms with Gasteiger partial charge in [-0.1, -0.05) is 13.3 Å². The molecule has 116 valence electrons. The van der Waals surface area contributed by atoms with Crippen LogP contribution in [-0.2, 0) is 4.74 Å². The second-order valence-corrected chi connectivity index (χ2v) is 8.54. The molecule has 4 atom stereocenters. The molecule has 2 saturated heterocycles. The van der Waals surface area contributed by atoms with Crippen LogP contribution in [0.5, 0.6) is 0 Å². The molecule has 0 aromatic carbocycles. The van der Waals surface area contributed by atoms with E-state index in [0.717, 1.165) is 24.4 Å². The summed E-state index contributed by atoms with van der Waals surface area (Å²) in [6, 6.07) is 0.455. The number of ether oxygens (including phenoxy) is 1. The number of nitrogens with two attached hydrogens (primary N) is 1. The van der Waals surface area contributed by atoms with Crippen LogP contribution in [-0.4, -0.2) is 29.8 Å². The lowest BCUT2D eigenvalue weighted by molar-refractivity contribution is -0.115. The van der Waals surface area contributed by atoms with Crippen molar-refractivity contribution < 1.29 is 4.74 Å². The van der Waals surface area contributed by atoms with Gasteiger partial charge in [0.05, 0.1) is 5.60 Å². The quantitative estimate of drug-likeness (QED) is 0.841. The third kappa shape index (κ3) is 3.20. The van der Waals surface area contributed by atoms with E-state index in [9.17, 15) is 0 Å². The van der Waals surface area contributed by atoms with E-state index in [2.05, 4.69) is 18.7 Å². The highest BCUT2D eigenvalue weighted by atomic mass is 32.2. The van der Waals surface area contributed by atoms with E-state index in [1.54, 1.807) is 0 Å². The van der Waals surface area contributed by atoms with Gasteiger partial charge in [0.1, 0.15) is 0 Å². The molecule has 1 aliphatic carbocycles. The van der Waals surface area contributed by atoms with E-state index in [1.807, 2.05) is 0 Å². The Hall–Kier alpha value is 0.270. The summed E-state index contributed by atoms with van der Waals surface area (Å²) in [5, 5.41) is 0. The van der Waals surface area contributed by atoms with Gasteiger partial charge >= 0.3 is 0 Å². The van der Waals surface area contributed by atoms with Gasteiger partial charge in [-0.2, -0.15) is 11.8 Å². The number of rotatable bonds is 2. The largest absolute Gasteiger partial charge is 0.375 e. The minimum absolute atomic E-state index is 0.229. The Bertz CT molecular complexity index is 311. The average molecular weight is 298 g/mol. The van der Waals surface area contributed by atoms with E-state index < -0.39 is 0 Å². The predicted molar refractivity (Wildman–Crippen MR) is 87.1 cm³/mol. The number of thioether (sulfide) groups is 1. The van der Waals surface area contributed by atoms with E-state index in [0.29, 0.717) is 6.04 Å². The standard InChI is InChI=1S/C17H31NOS/c1-2-13-3-4-16(18)15(11-13)14-5-8-19-17(12-14)6-9-20-10-7-17/h13-16H,2-12,18H2,1H3. The minimum Gasteiger partial charge on any atom is -0.375 e. The molecule has 3 fully saturated rings. The van der Waals surface area contributed by atoms with Gasteiger partial charge in [-0.25, -0.2) is 0 Å². The molecule has 0 amide bonds. The van der Waals surface area contributed by atoms with Crippen molar-refractivity contribution in [2.75, 3.05) is 18.1 Å². The van der Waals surface area contributed by atoms with Crippen molar-refractivity contribution in [1.82, 2.24) is 0 Å². The third-order valence-corrected chi connectivity index (χ3v) is 7.17. The van der Waals surface area contributed by atoms with Crippen molar-refractivity contribution in [3.05, 3.63) is 0 Å². The van der Waals surface area contributed by atoms with E-state index in [-0.39, 0.29) is 5.60 Å². The van der Waals surface area contributed by atoms with Gasteiger partial charge in [0.2, 0.25) is 0 Å². The normalized spacial score (nSPS) is 41.7. The third-order valence-electron chi connectivity index (χ3n) is 6.18. The van der Waals surface area contributed by atoms with Crippen LogP contribution in [0.4, 0.5) is 0 Å². The first-order valence-corrected chi connectivity index (χ1v) is 9.85. The maximum atomic E-state index is 6.50. The molecule has 0 radical (unpaired) electrons. The van der Waals surface area contributed by atoms with Crippen LogP contribution in [0.25, 0.3) is 0 Å². The Kier molecular flexibility index (Phi) is 4.99. The molecule has 20 heavy (non-hydrogen) atoms. The second-order valence-electron chi connectivity index (χ2n) is 7.31. The Labute approximate surface area is 128 Å². The molecule has 2 N–H and O–H groups in total. The van der Waals surface area contributed by atoms with Gasteiger partial charge in [-0.3, -0.25) is 0 Å². The predicted octanol–water partition coefficient (Wildman–Crippen LogP) is 3.83. The molecule has 3 aliphatic rings. The molecule has 0 aromatic rings. The van der Waals surface area contributed by atoms with Gasteiger partial charge in [0.15, 0.2) is 0 Å². The van der Waals surface area contributed by atoms with Crippen LogP contribution >= 0.6 is 11.8 Å². The van der Waals surface area contributed by atoms with Gasteiger partial charge in [0.25, 0.3) is 0 Å². The molecule has 3 rings (SSSR count). The van der Waals surface area contributed by atoms with Crippen LogP contribution in [0.15, 0.2) is 0 Å². The first-order chi connectivity index (χ1) is 9.72. The molecular weight excluding hydrogens is 266 g/mol. The lowest BCUT2D eigenvalue weighted by Crippen LogP contribution is -2.48. The summed E-state index contributed by atoms with van der Waals surface area (Å²) >= 11 is 2.10. The fourth-order valence-corrected chi connectivity index (χ4v) is 5.99. The van der Waals surface area contributed by atoms with Gasteiger partial charge in [0, 0.05) is 12.6 Å². The number of hydrogen-bond donors (Lipinski definition) is 1. The molecular formula is C17H31NOS. The molecule has 2 heterocycles. The monoisotopic (exact) mass is 297 g/mol. The summed E-state index contributed by atoms with van der Waals surface area (Å²) in [6.07, 6.45) is 10.4. The summed E-state index contributed by atoms with van der Waals surface area (Å²) in [4.78, 5) is 0. The molecule has 1 saturated carbocycles. The first kappa shape index (κ1) is 15.2. The van der Waals surface area contributed by atoms with E-state index in [1.165, 1.54) is 62.9 Å². The maximum Gasteiger partial charge on any atom is 0.0701 e. The van der Waals surface area contributed by atoms with Gasteiger partial charge in [-0.15, -0.1) is 0 Å². The Balaban J connectivity index is 1.66. The van der Waals surface area contributed by atoms with Crippen molar-refractivity contribution in [3.63, 3.8) is 0 Å². The van der Waals surface area contributed by atoms with Crippen molar-refractivity contribution in [3.8, 4) is 0 Å². The average Bonchev–Trinajstić information content (AvgIpc) is 2.48. The van der Waals surface area contributed by atoms with Crippen LogP contribution in [0.3, 0.4) is 0 Å². The lowest BCUT2D eigenvalue weighted by Gasteiger charge is -2.48. The first-order valence-electron chi connectivity index (χ1n) is 8.70. The topological polar surface area (TPSA) is 35.2 Å². The molecule has 3 heteroatoms. The lowest BCUT2D eigenvalue weighted by atomic mass is 9.66. The zero-order valence-corrected chi connectivity index (χ0v) is 13.8. The Morgan fingerprint density at radius 2 is 2.00 bits per heavy atom. The Morgan fingerprint density at radius 3 is 2.75 bits per heavy atom. The van der Waals surface area contributed by atoms with Gasteiger partial charge < -0.3 is 10.5 Å². The molecule has 2 nitrogen and oxygen atoms in total. The highest BCUT2D eigenvalue weighted by Gasteiger charge is 2.43. The van der Waals surface area contributed by atoms with Crippen molar-refractivity contribution in [2.24, 2.45) is 23.5 Å². The highest BCUT2D eigenvalue weighted by molar-refractivity contribution is 7.99. The van der Waals surface area contributed by atoms with Gasteiger partial charge in [-0.05, 0) is 74.2 Å². The fraction of sp³-hybridized carbons (Fsp3) is 1.00. The minimum atomic E-state index is 0.229. The molecule has 2 aliphatic heterocycles. The van der Waals surface area contributed by atoms with Crippen molar-refractivity contribution in [2.45, 2.75) is 69.9 Å².